The Bertz CT molecular complexity index is 1070. The topological polar surface area (TPSA) is 97.1 Å². The number of piperazine rings is 1. The maximum Gasteiger partial charge on any atom is 0.321 e. The van der Waals surface area contributed by atoms with Crippen molar-refractivity contribution in [3.8, 4) is 11.8 Å². The molecule has 0 radical (unpaired) electrons. The normalized spacial score (nSPS) is 16.6. The van der Waals surface area contributed by atoms with Crippen molar-refractivity contribution in [3.63, 3.8) is 0 Å². The summed E-state index contributed by atoms with van der Waals surface area (Å²) < 4.78 is 12.2. The van der Waals surface area contributed by atoms with Gasteiger partial charge in [0, 0.05) is 37.4 Å². The minimum Gasteiger partial charge on any atom is -0.497 e. The minimum atomic E-state index is -0.126. The van der Waals surface area contributed by atoms with Gasteiger partial charge in [0.05, 0.1) is 20.4 Å². The second kappa shape index (κ2) is 8.05. The number of hydrogen-bond acceptors (Lipinski definition) is 7. The highest BCUT2D eigenvalue weighted by molar-refractivity contribution is 5.90. The number of methoxy groups -OCH3 is 2. The van der Waals surface area contributed by atoms with Crippen molar-refractivity contribution in [1.82, 2.24) is 24.5 Å². The van der Waals surface area contributed by atoms with Crippen LogP contribution in [0.3, 0.4) is 0 Å². The number of aryl methyl sites for hydroxylation is 1. The summed E-state index contributed by atoms with van der Waals surface area (Å²) in [6.07, 6.45) is 1.68. The molecule has 3 aromatic rings. The standard InChI is InChI=1S/C20H25N7O3/c1-13-11-15(29-3)5-6-16(13)22-20(28)25-9-10-26(14(2)12-25)19-24-18(30-4)23-17-7-8-21-27(17)19/h5-8,11,14H,9-10,12H2,1-4H3,(H,22,28)/t14-/m0/s1. The van der Waals surface area contributed by atoms with E-state index in [2.05, 4.69) is 32.2 Å². The van der Waals surface area contributed by atoms with Crippen LogP contribution in [-0.2, 0) is 0 Å². The number of fused-ring (bicyclic) bond motifs is 1. The number of nitrogens with one attached hydrogen (secondary N) is 1. The summed E-state index contributed by atoms with van der Waals surface area (Å²) in [4.78, 5) is 25.6. The molecular weight excluding hydrogens is 386 g/mol. The van der Waals surface area contributed by atoms with Crippen LogP contribution in [0, 0.1) is 6.92 Å². The van der Waals surface area contributed by atoms with Gasteiger partial charge in [0.2, 0.25) is 5.95 Å². The molecule has 1 aliphatic heterocycles. The van der Waals surface area contributed by atoms with Crippen molar-refractivity contribution in [3.05, 3.63) is 36.0 Å². The second-order valence-corrected chi connectivity index (χ2v) is 7.21. The fraction of sp³-hybridized carbons (Fsp3) is 0.400. The van der Waals surface area contributed by atoms with E-state index in [1.807, 2.05) is 30.0 Å². The Labute approximate surface area is 174 Å². The van der Waals surface area contributed by atoms with E-state index >= 15 is 0 Å². The van der Waals surface area contributed by atoms with E-state index in [-0.39, 0.29) is 12.1 Å². The van der Waals surface area contributed by atoms with Crippen molar-refractivity contribution in [2.75, 3.05) is 44.1 Å². The molecular formula is C20H25N7O3. The van der Waals surface area contributed by atoms with Crippen LogP contribution in [0.25, 0.3) is 5.65 Å². The molecule has 1 aliphatic rings. The van der Waals surface area contributed by atoms with Gasteiger partial charge in [-0.2, -0.15) is 19.6 Å². The Balaban J connectivity index is 1.48. The van der Waals surface area contributed by atoms with Crippen molar-refractivity contribution in [1.29, 1.82) is 0 Å². The SMILES string of the molecule is COc1ccc(NC(=O)N2CCN(c3nc(OC)nc4ccnn34)[C@@H](C)C2)c(C)c1. The number of nitrogens with zero attached hydrogens (tertiary/aromatic N) is 6. The molecule has 1 saturated heterocycles. The Morgan fingerprint density at radius 2 is 2.00 bits per heavy atom. The van der Waals surface area contributed by atoms with Gasteiger partial charge in [-0.15, -0.1) is 0 Å². The molecule has 1 aromatic carbocycles. The van der Waals surface area contributed by atoms with Crippen LogP contribution < -0.4 is 19.7 Å². The molecule has 0 bridgehead atoms. The minimum absolute atomic E-state index is 0.0356. The summed E-state index contributed by atoms with van der Waals surface area (Å²) in [5.74, 6) is 1.42. The highest BCUT2D eigenvalue weighted by atomic mass is 16.5. The lowest BCUT2D eigenvalue weighted by Crippen LogP contribution is -2.55. The maximum absolute atomic E-state index is 12.8. The number of ether oxygens (including phenoxy) is 2. The summed E-state index contributed by atoms with van der Waals surface area (Å²) >= 11 is 0. The van der Waals surface area contributed by atoms with Gasteiger partial charge in [-0.3, -0.25) is 0 Å². The molecule has 0 aliphatic carbocycles. The summed E-state index contributed by atoms with van der Waals surface area (Å²) in [5.41, 5.74) is 2.39. The first-order valence-electron chi connectivity index (χ1n) is 9.73. The predicted octanol–water partition coefficient (Wildman–Crippen LogP) is 2.19. The highest BCUT2D eigenvalue weighted by Crippen LogP contribution is 2.24. The predicted molar refractivity (Wildman–Crippen MR) is 112 cm³/mol. The van der Waals surface area contributed by atoms with Gasteiger partial charge in [-0.25, -0.2) is 4.79 Å². The number of aromatic nitrogens is 4. The fourth-order valence-electron chi connectivity index (χ4n) is 3.61. The van der Waals surface area contributed by atoms with E-state index in [4.69, 9.17) is 9.47 Å². The molecule has 2 amide bonds. The molecule has 4 rings (SSSR count). The van der Waals surface area contributed by atoms with E-state index in [0.717, 1.165) is 17.0 Å². The average molecular weight is 411 g/mol. The van der Waals surface area contributed by atoms with Gasteiger partial charge in [0.1, 0.15) is 5.75 Å². The van der Waals surface area contributed by atoms with Crippen LogP contribution >= 0.6 is 0 Å². The number of carbonyl (C=O) groups excluding carboxylic acids is 1. The largest absolute Gasteiger partial charge is 0.497 e. The van der Waals surface area contributed by atoms with Crippen LogP contribution in [0.15, 0.2) is 30.5 Å². The Hall–Kier alpha value is -3.56. The number of amides is 2. The van der Waals surface area contributed by atoms with Gasteiger partial charge >= 0.3 is 12.0 Å². The molecule has 1 N–H and O–H groups in total. The lowest BCUT2D eigenvalue weighted by molar-refractivity contribution is 0.199. The van der Waals surface area contributed by atoms with E-state index in [1.165, 1.54) is 0 Å². The number of anilines is 2. The zero-order valence-corrected chi connectivity index (χ0v) is 17.5. The lowest BCUT2D eigenvalue weighted by atomic mass is 10.2. The highest BCUT2D eigenvalue weighted by Gasteiger charge is 2.30. The fourth-order valence-corrected chi connectivity index (χ4v) is 3.61. The van der Waals surface area contributed by atoms with Gasteiger partial charge < -0.3 is 24.6 Å². The molecule has 158 valence electrons. The monoisotopic (exact) mass is 411 g/mol. The van der Waals surface area contributed by atoms with Gasteiger partial charge in [-0.1, -0.05) is 0 Å². The molecule has 10 heteroatoms. The molecule has 3 heterocycles. The Morgan fingerprint density at radius 3 is 2.70 bits per heavy atom. The smallest absolute Gasteiger partial charge is 0.321 e. The van der Waals surface area contributed by atoms with Crippen LogP contribution in [-0.4, -0.2) is 70.4 Å². The molecule has 1 atom stereocenters. The lowest BCUT2D eigenvalue weighted by Gasteiger charge is -2.40. The van der Waals surface area contributed by atoms with Crippen LogP contribution in [0.5, 0.6) is 11.8 Å². The summed E-state index contributed by atoms with van der Waals surface area (Å²) in [7, 11) is 3.16. The van der Waals surface area contributed by atoms with Gasteiger partial charge in [0.25, 0.3) is 0 Å². The zero-order valence-electron chi connectivity index (χ0n) is 17.5. The molecule has 1 fully saturated rings. The number of rotatable bonds is 4. The van der Waals surface area contributed by atoms with Gasteiger partial charge in [-0.05, 0) is 37.6 Å². The Kier molecular flexibility index (Phi) is 5.30. The molecule has 10 nitrogen and oxygen atoms in total. The van der Waals surface area contributed by atoms with E-state index < -0.39 is 0 Å². The first-order chi connectivity index (χ1) is 14.5. The summed E-state index contributed by atoms with van der Waals surface area (Å²) in [5, 5.41) is 7.33. The van der Waals surface area contributed by atoms with Crippen LogP contribution in [0.4, 0.5) is 16.4 Å². The molecule has 30 heavy (non-hydrogen) atoms. The summed E-state index contributed by atoms with van der Waals surface area (Å²) in [6.45, 7) is 5.72. The quantitative estimate of drug-likeness (QED) is 0.703. The number of hydrogen-bond donors (Lipinski definition) is 1. The van der Waals surface area contributed by atoms with Crippen LogP contribution in [0.2, 0.25) is 0 Å². The second-order valence-electron chi connectivity index (χ2n) is 7.21. The van der Waals surface area contributed by atoms with E-state index in [1.54, 1.807) is 31.0 Å². The zero-order chi connectivity index (χ0) is 21.3. The third-order valence-electron chi connectivity index (χ3n) is 5.25. The number of urea groups is 1. The van der Waals surface area contributed by atoms with E-state index in [9.17, 15) is 4.79 Å². The summed E-state index contributed by atoms with van der Waals surface area (Å²) in [6, 6.07) is 7.59. The third-order valence-corrected chi connectivity index (χ3v) is 5.25. The maximum atomic E-state index is 12.8. The Morgan fingerprint density at radius 1 is 1.17 bits per heavy atom. The number of carbonyl (C=O) groups is 1. The van der Waals surface area contributed by atoms with Gasteiger partial charge in [0.15, 0.2) is 5.65 Å². The first kappa shape index (κ1) is 19.7. The van der Waals surface area contributed by atoms with E-state index in [0.29, 0.717) is 37.2 Å². The van der Waals surface area contributed by atoms with Crippen molar-refractivity contribution >= 4 is 23.3 Å². The molecule has 0 spiro atoms. The third kappa shape index (κ3) is 3.68. The molecule has 0 saturated carbocycles. The average Bonchev–Trinajstić information content (AvgIpc) is 3.23. The van der Waals surface area contributed by atoms with Crippen molar-refractivity contribution in [2.45, 2.75) is 19.9 Å². The van der Waals surface area contributed by atoms with Crippen molar-refractivity contribution in [2.24, 2.45) is 0 Å². The molecule has 0 unspecified atom stereocenters. The number of benzene rings is 1. The molecule has 2 aromatic heterocycles. The van der Waals surface area contributed by atoms with Crippen LogP contribution in [0.1, 0.15) is 12.5 Å². The first-order valence-corrected chi connectivity index (χ1v) is 9.73. The van der Waals surface area contributed by atoms with Crippen molar-refractivity contribution < 1.29 is 14.3 Å².